The van der Waals surface area contributed by atoms with E-state index in [1.165, 1.54) is 6.07 Å². The Bertz CT molecular complexity index is 1210. The average Bonchev–Trinajstić information content (AvgIpc) is 3.25. The van der Waals surface area contributed by atoms with Crippen LogP contribution in [0, 0.1) is 11.7 Å². The zero-order chi connectivity index (χ0) is 23.3. The number of hydrogen-bond acceptors (Lipinski definition) is 5. The first-order valence-corrected chi connectivity index (χ1v) is 11.3. The lowest BCUT2D eigenvalue weighted by Crippen LogP contribution is -2.38. The molecule has 8 nitrogen and oxygen atoms in total. The minimum atomic E-state index is -0.458. The summed E-state index contributed by atoms with van der Waals surface area (Å²) in [5.74, 6) is 0.876. The fourth-order valence-electron chi connectivity index (χ4n) is 4.23. The molecule has 172 valence electrons. The number of urea groups is 1. The van der Waals surface area contributed by atoms with E-state index >= 15 is 0 Å². The molecule has 3 aromatic rings. The summed E-state index contributed by atoms with van der Waals surface area (Å²) in [6.07, 6.45) is 7.01. The molecule has 3 heterocycles. The topological polar surface area (TPSA) is 79.2 Å². The maximum atomic E-state index is 13.5. The highest BCUT2D eigenvalue weighted by Crippen LogP contribution is 2.47. The standard InChI is InChI=1S/C23H25ClFN7O/c1-14(2)18-11-30(3)22(33)32(18)20-6-9-26-21(28-20)29-23(7-8-23)19-12-31(13-27-19)15-4-5-17(25)16(24)10-15/h4-6,9-10,12-14,18H,7-8,11H2,1-3H3,(H,26,28,29)/t18-/m1/s1. The van der Waals surface area contributed by atoms with Gasteiger partial charge >= 0.3 is 6.03 Å². The number of halogens is 2. The summed E-state index contributed by atoms with van der Waals surface area (Å²) < 4.78 is 15.3. The molecule has 2 aromatic heterocycles. The Labute approximate surface area is 196 Å². The van der Waals surface area contributed by atoms with Gasteiger partial charge < -0.3 is 14.8 Å². The van der Waals surface area contributed by atoms with E-state index in [2.05, 4.69) is 34.1 Å². The first-order valence-electron chi connectivity index (χ1n) is 10.9. The molecule has 1 aliphatic heterocycles. The third-order valence-electron chi connectivity index (χ3n) is 6.36. The predicted octanol–water partition coefficient (Wildman–Crippen LogP) is 4.45. The molecule has 1 saturated heterocycles. The van der Waals surface area contributed by atoms with Crippen LogP contribution >= 0.6 is 11.6 Å². The number of imidazole rings is 1. The smallest absolute Gasteiger partial charge is 0.325 e. The van der Waals surface area contributed by atoms with Gasteiger partial charge in [0.1, 0.15) is 11.6 Å². The van der Waals surface area contributed by atoms with Gasteiger partial charge in [0.25, 0.3) is 0 Å². The number of likely N-dealkylation sites (N-methyl/N-ethyl adjacent to an activating group) is 1. The van der Waals surface area contributed by atoms with Crippen molar-refractivity contribution in [2.75, 3.05) is 23.8 Å². The lowest BCUT2D eigenvalue weighted by molar-refractivity contribution is 0.229. The number of carbonyl (C=O) groups excluding carboxylic acids is 1. The van der Waals surface area contributed by atoms with Crippen molar-refractivity contribution in [2.45, 2.75) is 38.3 Å². The monoisotopic (exact) mass is 469 g/mol. The van der Waals surface area contributed by atoms with Crippen LogP contribution in [0.1, 0.15) is 32.4 Å². The number of anilines is 2. The van der Waals surface area contributed by atoms with E-state index in [4.69, 9.17) is 11.6 Å². The molecule has 2 aliphatic rings. The molecule has 1 saturated carbocycles. The summed E-state index contributed by atoms with van der Waals surface area (Å²) in [4.78, 5) is 29.9. The van der Waals surface area contributed by atoms with Gasteiger partial charge in [-0.05, 0) is 43.0 Å². The number of benzene rings is 1. The molecule has 2 amide bonds. The summed E-state index contributed by atoms with van der Waals surface area (Å²) in [5.41, 5.74) is 1.19. The molecule has 5 rings (SSSR count). The molecule has 0 spiro atoms. The van der Waals surface area contributed by atoms with Gasteiger partial charge in [-0.2, -0.15) is 4.98 Å². The fourth-order valence-corrected chi connectivity index (χ4v) is 4.40. The summed E-state index contributed by atoms with van der Waals surface area (Å²) in [5, 5.41) is 3.49. The summed E-state index contributed by atoms with van der Waals surface area (Å²) in [6, 6.07) is 6.32. The van der Waals surface area contributed by atoms with Crippen molar-refractivity contribution in [3.63, 3.8) is 0 Å². The molecule has 10 heteroatoms. The fraction of sp³-hybridized carbons (Fsp3) is 0.391. The highest BCUT2D eigenvalue weighted by molar-refractivity contribution is 6.30. The van der Waals surface area contributed by atoms with Crippen LogP contribution in [0.2, 0.25) is 5.02 Å². The maximum Gasteiger partial charge on any atom is 0.325 e. The summed E-state index contributed by atoms with van der Waals surface area (Å²) in [7, 11) is 1.81. The number of nitrogens with one attached hydrogen (secondary N) is 1. The van der Waals surface area contributed by atoms with Gasteiger partial charge in [0.05, 0.1) is 28.6 Å². The van der Waals surface area contributed by atoms with Crippen LogP contribution in [0.5, 0.6) is 0 Å². The zero-order valence-electron chi connectivity index (χ0n) is 18.7. The van der Waals surface area contributed by atoms with Crippen molar-refractivity contribution in [3.8, 4) is 5.69 Å². The Morgan fingerprint density at radius 2 is 2.03 bits per heavy atom. The van der Waals surface area contributed by atoms with Crippen LogP contribution in [0.25, 0.3) is 5.69 Å². The quantitative estimate of drug-likeness (QED) is 0.577. The number of amides is 2. The van der Waals surface area contributed by atoms with E-state index in [0.29, 0.717) is 24.2 Å². The van der Waals surface area contributed by atoms with E-state index in [1.54, 1.807) is 40.5 Å². The molecule has 0 radical (unpaired) electrons. The summed E-state index contributed by atoms with van der Waals surface area (Å²) in [6.45, 7) is 4.88. The molecule has 1 aromatic carbocycles. The highest BCUT2D eigenvalue weighted by Gasteiger charge is 2.47. The Balaban J connectivity index is 1.39. The van der Waals surface area contributed by atoms with Gasteiger partial charge in [-0.3, -0.25) is 4.90 Å². The average molecular weight is 470 g/mol. The highest BCUT2D eigenvalue weighted by atomic mass is 35.5. The molecular formula is C23H25ClFN7O. The van der Waals surface area contributed by atoms with Gasteiger partial charge in [-0.25, -0.2) is 19.2 Å². The normalized spacial score (nSPS) is 19.5. The van der Waals surface area contributed by atoms with Crippen LogP contribution in [-0.4, -0.2) is 50.1 Å². The molecule has 2 fully saturated rings. The lowest BCUT2D eigenvalue weighted by Gasteiger charge is -2.25. The van der Waals surface area contributed by atoms with E-state index < -0.39 is 5.82 Å². The minimum absolute atomic E-state index is 0.0540. The van der Waals surface area contributed by atoms with Crippen molar-refractivity contribution in [3.05, 3.63) is 59.5 Å². The first kappa shape index (κ1) is 21.6. The third-order valence-corrected chi connectivity index (χ3v) is 6.65. The molecule has 33 heavy (non-hydrogen) atoms. The molecular weight excluding hydrogens is 445 g/mol. The van der Waals surface area contributed by atoms with Crippen molar-refractivity contribution in [1.29, 1.82) is 0 Å². The van der Waals surface area contributed by atoms with E-state index in [-0.39, 0.29) is 22.6 Å². The lowest BCUT2D eigenvalue weighted by atomic mass is 10.0. The molecule has 1 aliphatic carbocycles. The first-order chi connectivity index (χ1) is 15.8. The predicted molar refractivity (Wildman–Crippen MR) is 124 cm³/mol. The van der Waals surface area contributed by atoms with Crippen molar-refractivity contribution >= 4 is 29.4 Å². The molecule has 0 unspecified atom stereocenters. The van der Waals surface area contributed by atoms with Crippen LogP contribution in [-0.2, 0) is 5.54 Å². The molecule has 0 bridgehead atoms. The number of hydrogen-bond donors (Lipinski definition) is 1. The van der Waals surface area contributed by atoms with E-state index in [0.717, 1.165) is 24.2 Å². The van der Waals surface area contributed by atoms with Crippen molar-refractivity contribution in [2.24, 2.45) is 5.92 Å². The Morgan fingerprint density at radius 3 is 2.73 bits per heavy atom. The van der Waals surface area contributed by atoms with Gasteiger partial charge in [-0.1, -0.05) is 25.4 Å². The van der Waals surface area contributed by atoms with E-state index in [1.807, 2.05) is 17.8 Å². The minimum Gasteiger partial charge on any atom is -0.343 e. The Hall–Kier alpha value is -3.20. The Kier molecular flexibility index (Phi) is 5.23. The molecule has 1 atom stereocenters. The van der Waals surface area contributed by atoms with Gasteiger partial charge in [-0.15, -0.1) is 0 Å². The second-order valence-corrected chi connectivity index (χ2v) is 9.46. The summed E-state index contributed by atoms with van der Waals surface area (Å²) >= 11 is 5.93. The number of carbonyl (C=O) groups is 1. The third kappa shape index (κ3) is 3.90. The number of rotatable bonds is 6. The number of aromatic nitrogens is 4. The van der Waals surface area contributed by atoms with Crippen LogP contribution < -0.4 is 10.2 Å². The second-order valence-electron chi connectivity index (χ2n) is 9.05. The number of nitrogens with zero attached hydrogens (tertiary/aromatic N) is 6. The van der Waals surface area contributed by atoms with Crippen LogP contribution in [0.15, 0.2) is 43.0 Å². The van der Waals surface area contributed by atoms with Gasteiger partial charge in [0, 0.05) is 31.7 Å². The Morgan fingerprint density at radius 1 is 1.24 bits per heavy atom. The molecule has 1 N–H and O–H groups in total. The van der Waals surface area contributed by atoms with Crippen molar-refractivity contribution < 1.29 is 9.18 Å². The largest absolute Gasteiger partial charge is 0.343 e. The van der Waals surface area contributed by atoms with E-state index in [9.17, 15) is 9.18 Å². The van der Waals surface area contributed by atoms with Crippen LogP contribution in [0.3, 0.4) is 0 Å². The van der Waals surface area contributed by atoms with Crippen LogP contribution in [0.4, 0.5) is 21.0 Å². The van der Waals surface area contributed by atoms with Gasteiger partial charge in [0.15, 0.2) is 0 Å². The second kappa shape index (κ2) is 7.98. The SMILES string of the molecule is CC(C)[C@H]1CN(C)C(=O)N1c1ccnc(NC2(c3cn(-c4ccc(F)c(Cl)c4)cn3)CC2)n1. The zero-order valence-corrected chi connectivity index (χ0v) is 19.4. The van der Waals surface area contributed by atoms with Gasteiger partial charge in [0.2, 0.25) is 5.95 Å². The maximum absolute atomic E-state index is 13.5. The van der Waals surface area contributed by atoms with Crippen molar-refractivity contribution in [1.82, 2.24) is 24.4 Å².